The van der Waals surface area contributed by atoms with Gasteiger partial charge in [-0.25, -0.2) is 9.37 Å². The number of rotatable bonds is 5. The molecule has 130 valence electrons. The minimum absolute atomic E-state index is 0.302. The first-order chi connectivity index (χ1) is 12.7. The fourth-order valence-electron chi connectivity index (χ4n) is 2.21. The van der Waals surface area contributed by atoms with Crippen molar-refractivity contribution in [1.82, 2.24) is 15.2 Å². The normalized spacial score (nSPS) is 11.0. The van der Waals surface area contributed by atoms with Crippen molar-refractivity contribution in [3.63, 3.8) is 0 Å². The molecule has 4 rings (SSSR count). The van der Waals surface area contributed by atoms with E-state index < -0.39 is 0 Å². The van der Waals surface area contributed by atoms with E-state index in [1.54, 1.807) is 30.5 Å². The molecule has 0 fully saturated rings. The molecule has 0 saturated heterocycles. The Morgan fingerprint density at radius 3 is 2.38 bits per heavy atom. The lowest BCUT2D eigenvalue weighted by Crippen LogP contribution is -1.83. The quantitative estimate of drug-likeness (QED) is 0.423. The van der Waals surface area contributed by atoms with Crippen molar-refractivity contribution in [2.75, 3.05) is 0 Å². The molecule has 0 radical (unpaired) electrons. The predicted octanol–water partition coefficient (Wildman–Crippen LogP) is 5.48. The van der Waals surface area contributed by atoms with Gasteiger partial charge in [0.1, 0.15) is 12.1 Å². The second kappa shape index (κ2) is 7.31. The van der Waals surface area contributed by atoms with Crippen molar-refractivity contribution >= 4 is 23.4 Å². The van der Waals surface area contributed by atoms with Crippen LogP contribution in [-0.4, -0.2) is 15.2 Å². The van der Waals surface area contributed by atoms with Crippen molar-refractivity contribution in [2.45, 2.75) is 11.0 Å². The third-order valence-corrected chi connectivity index (χ3v) is 4.59. The summed E-state index contributed by atoms with van der Waals surface area (Å²) in [6.07, 6.45) is 1.56. The number of nitrogens with zero attached hydrogens (tertiary/aromatic N) is 3. The van der Waals surface area contributed by atoms with Crippen LogP contribution in [0, 0.1) is 5.82 Å². The Kier molecular flexibility index (Phi) is 4.73. The van der Waals surface area contributed by atoms with Crippen LogP contribution in [0.1, 0.15) is 5.69 Å². The Hall–Kier alpha value is -2.64. The standard InChI is InChI=1S/C18H11ClFN3O2S/c19-13-5-1-12(2-6-13)17-22-23-18(25-17)26-10-15-9-24-16(21-15)11-3-7-14(20)8-4-11/h1-9H,10H2. The third-order valence-electron chi connectivity index (χ3n) is 3.48. The van der Waals surface area contributed by atoms with E-state index in [1.165, 1.54) is 23.9 Å². The summed E-state index contributed by atoms with van der Waals surface area (Å²) < 4.78 is 24.0. The van der Waals surface area contributed by atoms with Crippen LogP contribution >= 0.6 is 23.4 Å². The largest absolute Gasteiger partial charge is 0.444 e. The molecule has 0 N–H and O–H groups in total. The molecule has 26 heavy (non-hydrogen) atoms. The zero-order valence-electron chi connectivity index (χ0n) is 13.2. The lowest BCUT2D eigenvalue weighted by molar-refractivity contribution is 0.466. The van der Waals surface area contributed by atoms with E-state index in [0.717, 1.165) is 11.3 Å². The smallest absolute Gasteiger partial charge is 0.277 e. The van der Waals surface area contributed by atoms with Crippen molar-refractivity contribution in [3.8, 4) is 22.9 Å². The highest BCUT2D eigenvalue weighted by Crippen LogP contribution is 2.27. The SMILES string of the molecule is Fc1ccc(-c2nc(CSc3nnc(-c4ccc(Cl)cc4)o3)co2)cc1. The van der Waals surface area contributed by atoms with Crippen molar-refractivity contribution in [2.24, 2.45) is 0 Å². The number of hydrogen-bond acceptors (Lipinski definition) is 6. The predicted molar refractivity (Wildman–Crippen MR) is 96.2 cm³/mol. The summed E-state index contributed by atoms with van der Waals surface area (Å²) in [5.41, 5.74) is 2.24. The molecule has 0 atom stereocenters. The van der Waals surface area contributed by atoms with Crippen LogP contribution in [-0.2, 0) is 5.75 Å². The second-order valence-corrected chi connectivity index (χ2v) is 6.68. The van der Waals surface area contributed by atoms with Gasteiger partial charge in [-0.15, -0.1) is 10.2 Å². The molecule has 4 aromatic rings. The fraction of sp³-hybridized carbons (Fsp3) is 0.0556. The van der Waals surface area contributed by atoms with Gasteiger partial charge < -0.3 is 8.83 Å². The maximum atomic E-state index is 13.0. The molecule has 0 bridgehead atoms. The van der Waals surface area contributed by atoms with Gasteiger partial charge in [-0.05, 0) is 48.5 Å². The molecular weight excluding hydrogens is 377 g/mol. The van der Waals surface area contributed by atoms with E-state index in [0.29, 0.717) is 33.3 Å². The van der Waals surface area contributed by atoms with Gasteiger partial charge in [-0.3, -0.25) is 0 Å². The van der Waals surface area contributed by atoms with Gasteiger partial charge in [-0.1, -0.05) is 23.4 Å². The van der Waals surface area contributed by atoms with E-state index in [2.05, 4.69) is 15.2 Å². The van der Waals surface area contributed by atoms with E-state index in [9.17, 15) is 4.39 Å². The minimum Gasteiger partial charge on any atom is -0.444 e. The van der Waals surface area contributed by atoms with Gasteiger partial charge in [0.15, 0.2) is 0 Å². The molecule has 2 aromatic heterocycles. The van der Waals surface area contributed by atoms with E-state index >= 15 is 0 Å². The maximum Gasteiger partial charge on any atom is 0.277 e. The number of thioether (sulfide) groups is 1. The zero-order valence-corrected chi connectivity index (χ0v) is 14.8. The topological polar surface area (TPSA) is 65.0 Å². The van der Waals surface area contributed by atoms with Gasteiger partial charge >= 0.3 is 0 Å². The maximum absolute atomic E-state index is 13.0. The molecule has 0 aliphatic heterocycles. The van der Waals surface area contributed by atoms with E-state index in [4.69, 9.17) is 20.4 Å². The summed E-state index contributed by atoms with van der Waals surface area (Å²) in [6.45, 7) is 0. The first kappa shape index (κ1) is 16.8. The van der Waals surface area contributed by atoms with Crippen LogP contribution in [0.2, 0.25) is 5.02 Å². The average molecular weight is 388 g/mol. The fourth-order valence-corrected chi connectivity index (χ4v) is 2.98. The first-order valence-electron chi connectivity index (χ1n) is 7.60. The van der Waals surface area contributed by atoms with E-state index in [-0.39, 0.29) is 5.82 Å². The van der Waals surface area contributed by atoms with Gasteiger partial charge in [0, 0.05) is 21.9 Å². The molecule has 2 heterocycles. The average Bonchev–Trinajstić information content (AvgIpc) is 3.31. The molecule has 0 unspecified atom stereocenters. The Morgan fingerprint density at radius 2 is 1.62 bits per heavy atom. The van der Waals surface area contributed by atoms with Crippen molar-refractivity contribution in [1.29, 1.82) is 0 Å². The second-order valence-electron chi connectivity index (χ2n) is 5.32. The molecule has 2 aromatic carbocycles. The Balaban J connectivity index is 1.42. The molecule has 0 aliphatic carbocycles. The number of halogens is 2. The van der Waals surface area contributed by atoms with Gasteiger partial charge in [0.05, 0.1) is 5.69 Å². The number of oxazole rings is 1. The Bertz CT molecular complexity index is 932. The van der Waals surface area contributed by atoms with Crippen molar-refractivity contribution in [3.05, 3.63) is 71.3 Å². The summed E-state index contributed by atoms with van der Waals surface area (Å²) >= 11 is 7.23. The van der Waals surface area contributed by atoms with Crippen LogP contribution in [0.3, 0.4) is 0 Å². The van der Waals surface area contributed by atoms with Crippen LogP contribution in [0.25, 0.3) is 22.9 Å². The number of aromatic nitrogens is 3. The molecular formula is C18H11ClFN3O2S. The number of benzene rings is 2. The van der Waals surface area contributed by atoms with Gasteiger partial charge in [0.2, 0.25) is 11.8 Å². The summed E-state index contributed by atoms with van der Waals surface area (Å²) in [5, 5.41) is 9.12. The van der Waals surface area contributed by atoms with Crippen LogP contribution in [0.15, 0.2) is 68.9 Å². The van der Waals surface area contributed by atoms with E-state index in [1.807, 2.05) is 12.1 Å². The third kappa shape index (κ3) is 3.79. The molecule has 0 aliphatic rings. The first-order valence-corrected chi connectivity index (χ1v) is 8.96. The van der Waals surface area contributed by atoms with Crippen LogP contribution < -0.4 is 0 Å². The van der Waals surface area contributed by atoms with Gasteiger partial charge in [-0.2, -0.15) is 0 Å². The zero-order chi connectivity index (χ0) is 17.9. The highest BCUT2D eigenvalue weighted by molar-refractivity contribution is 7.98. The summed E-state index contributed by atoms with van der Waals surface area (Å²) in [4.78, 5) is 4.39. The lowest BCUT2D eigenvalue weighted by Gasteiger charge is -1.95. The molecule has 0 spiro atoms. The van der Waals surface area contributed by atoms with Crippen LogP contribution in [0.4, 0.5) is 4.39 Å². The van der Waals surface area contributed by atoms with Crippen molar-refractivity contribution < 1.29 is 13.2 Å². The summed E-state index contributed by atoms with van der Waals surface area (Å²) in [6, 6.07) is 13.1. The van der Waals surface area contributed by atoms with Crippen LogP contribution in [0.5, 0.6) is 0 Å². The summed E-state index contributed by atoms with van der Waals surface area (Å²) in [7, 11) is 0. The highest BCUT2D eigenvalue weighted by atomic mass is 35.5. The lowest BCUT2D eigenvalue weighted by atomic mass is 10.2. The minimum atomic E-state index is -0.302. The molecule has 5 nitrogen and oxygen atoms in total. The molecule has 0 saturated carbocycles. The van der Waals surface area contributed by atoms with Gasteiger partial charge in [0.25, 0.3) is 5.22 Å². The molecule has 0 amide bonds. The Morgan fingerprint density at radius 1 is 0.923 bits per heavy atom. The highest BCUT2D eigenvalue weighted by Gasteiger charge is 2.12. The Labute approximate surface area is 157 Å². The summed E-state index contributed by atoms with van der Waals surface area (Å²) in [5.74, 6) is 1.07. The molecule has 8 heteroatoms. The monoisotopic (exact) mass is 387 g/mol. The number of hydrogen-bond donors (Lipinski definition) is 0.